The van der Waals surface area contributed by atoms with Gasteiger partial charge in [-0.2, -0.15) is 0 Å². The van der Waals surface area contributed by atoms with E-state index in [1.54, 1.807) is 10.9 Å². The van der Waals surface area contributed by atoms with Crippen LogP contribution in [0.1, 0.15) is 28.6 Å². The second-order valence-corrected chi connectivity index (χ2v) is 9.53. The van der Waals surface area contributed by atoms with E-state index in [4.69, 9.17) is 23.7 Å². The molecular formula is C30H31N3O5. The number of rotatable bonds is 11. The van der Waals surface area contributed by atoms with E-state index in [1.807, 2.05) is 91.0 Å². The Labute approximate surface area is 222 Å². The number of fused-ring (bicyclic) bond motifs is 3. The summed E-state index contributed by atoms with van der Waals surface area (Å²) in [7, 11) is 0. The Morgan fingerprint density at radius 1 is 0.816 bits per heavy atom. The highest BCUT2D eigenvalue weighted by Gasteiger charge is 2.53. The first-order chi connectivity index (χ1) is 18.8. The predicted molar refractivity (Wildman–Crippen MR) is 139 cm³/mol. The zero-order valence-corrected chi connectivity index (χ0v) is 21.0. The van der Waals surface area contributed by atoms with Crippen LogP contribution in [0.25, 0.3) is 0 Å². The van der Waals surface area contributed by atoms with Crippen molar-refractivity contribution in [3.05, 3.63) is 120 Å². The molecule has 0 saturated carbocycles. The van der Waals surface area contributed by atoms with E-state index in [1.165, 1.54) is 0 Å². The minimum absolute atomic E-state index is 0.335. The Morgan fingerprint density at radius 3 is 2.13 bits per heavy atom. The molecule has 6 rings (SSSR count). The number of ether oxygens (including phenoxy) is 5. The third-order valence-electron chi connectivity index (χ3n) is 6.89. The van der Waals surface area contributed by atoms with Crippen molar-refractivity contribution in [1.29, 1.82) is 0 Å². The van der Waals surface area contributed by atoms with E-state index in [0.29, 0.717) is 33.0 Å². The summed E-state index contributed by atoms with van der Waals surface area (Å²) in [5.74, 6) is 0. The third kappa shape index (κ3) is 5.70. The van der Waals surface area contributed by atoms with Crippen molar-refractivity contribution in [2.24, 2.45) is 0 Å². The summed E-state index contributed by atoms with van der Waals surface area (Å²) in [5.41, 5.74) is 4.13. The zero-order chi connectivity index (χ0) is 25.6. The minimum atomic E-state index is -0.455. The average Bonchev–Trinajstić information content (AvgIpc) is 3.60. The maximum absolute atomic E-state index is 6.61. The standard InChI is InChI=1S/C30H31N3O5/c1-4-10-22(11-5-1)17-34-21-26(35-18-23-12-6-2-7-13-23)27-28(36-19-24-14-8-3-9-15-24)29-30(38-27)33-25(20-37-29)16-31-32-33/h1-16,26-30H,17-21H2/t26-,27-,28+,29+,30+/m1/s1. The largest absolute Gasteiger partial charge is 0.374 e. The Hall–Kier alpha value is -3.40. The Kier molecular flexibility index (Phi) is 7.85. The number of nitrogens with zero attached hydrogens (tertiary/aromatic N) is 3. The lowest BCUT2D eigenvalue weighted by Crippen LogP contribution is -2.45. The molecule has 3 heterocycles. The van der Waals surface area contributed by atoms with Gasteiger partial charge >= 0.3 is 0 Å². The fourth-order valence-corrected chi connectivity index (χ4v) is 4.94. The molecule has 4 aromatic rings. The Balaban J connectivity index is 1.23. The predicted octanol–water partition coefficient (Wildman–Crippen LogP) is 4.46. The van der Waals surface area contributed by atoms with E-state index in [0.717, 1.165) is 22.4 Å². The molecule has 1 saturated heterocycles. The summed E-state index contributed by atoms with van der Waals surface area (Å²) in [5, 5.41) is 8.34. The van der Waals surface area contributed by atoms with Gasteiger partial charge in [0.05, 0.1) is 44.9 Å². The first-order valence-electron chi connectivity index (χ1n) is 12.9. The normalized spacial score (nSPS) is 23.1. The summed E-state index contributed by atoms with van der Waals surface area (Å²) < 4.78 is 33.8. The molecule has 0 N–H and O–H groups in total. The molecule has 0 bridgehead atoms. The minimum Gasteiger partial charge on any atom is -0.374 e. The van der Waals surface area contributed by atoms with E-state index in [-0.39, 0.29) is 6.10 Å². The van der Waals surface area contributed by atoms with Crippen LogP contribution >= 0.6 is 0 Å². The number of aromatic nitrogens is 3. The summed E-state index contributed by atoms with van der Waals surface area (Å²) in [4.78, 5) is 0. The van der Waals surface area contributed by atoms with Crippen LogP contribution < -0.4 is 0 Å². The highest BCUT2D eigenvalue weighted by atomic mass is 16.6. The Bertz CT molecular complexity index is 1270. The second kappa shape index (κ2) is 12.0. The molecule has 0 amide bonds. The van der Waals surface area contributed by atoms with Crippen LogP contribution in [0.5, 0.6) is 0 Å². The van der Waals surface area contributed by atoms with E-state index in [2.05, 4.69) is 10.3 Å². The van der Waals surface area contributed by atoms with Gasteiger partial charge in [-0.05, 0) is 16.7 Å². The molecule has 0 unspecified atom stereocenters. The van der Waals surface area contributed by atoms with Crippen LogP contribution in [0.4, 0.5) is 0 Å². The van der Waals surface area contributed by atoms with Gasteiger partial charge in [-0.25, -0.2) is 4.68 Å². The van der Waals surface area contributed by atoms with Crippen molar-refractivity contribution in [2.75, 3.05) is 6.61 Å². The molecule has 8 heteroatoms. The van der Waals surface area contributed by atoms with Gasteiger partial charge in [0.1, 0.15) is 24.4 Å². The van der Waals surface area contributed by atoms with Crippen LogP contribution in [0.15, 0.2) is 97.2 Å². The van der Waals surface area contributed by atoms with Crippen molar-refractivity contribution in [3.63, 3.8) is 0 Å². The van der Waals surface area contributed by atoms with Gasteiger partial charge in [-0.15, -0.1) is 5.10 Å². The number of benzene rings is 3. The van der Waals surface area contributed by atoms with E-state index >= 15 is 0 Å². The summed E-state index contributed by atoms with van der Waals surface area (Å²) >= 11 is 0. The summed E-state index contributed by atoms with van der Waals surface area (Å²) in [6.07, 6.45) is -0.333. The van der Waals surface area contributed by atoms with Gasteiger partial charge in [0.25, 0.3) is 0 Å². The van der Waals surface area contributed by atoms with Crippen LogP contribution in [-0.4, -0.2) is 46.0 Å². The van der Waals surface area contributed by atoms with Crippen LogP contribution in [0.3, 0.4) is 0 Å². The van der Waals surface area contributed by atoms with Gasteiger partial charge in [0.15, 0.2) is 6.23 Å². The van der Waals surface area contributed by atoms with Gasteiger partial charge < -0.3 is 23.7 Å². The summed E-state index contributed by atoms with van der Waals surface area (Å²) in [6.45, 7) is 2.07. The first-order valence-corrected chi connectivity index (χ1v) is 12.9. The van der Waals surface area contributed by atoms with Crippen molar-refractivity contribution < 1.29 is 23.7 Å². The highest BCUT2D eigenvalue weighted by molar-refractivity contribution is 5.15. The molecule has 0 aliphatic carbocycles. The molecule has 2 aliphatic heterocycles. The molecule has 38 heavy (non-hydrogen) atoms. The lowest BCUT2D eigenvalue weighted by atomic mass is 10.0. The van der Waals surface area contributed by atoms with Crippen LogP contribution in [0, 0.1) is 0 Å². The quantitative estimate of drug-likeness (QED) is 0.293. The van der Waals surface area contributed by atoms with E-state index in [9.17, 15) is 0 Å². The molecule has 3 aromatic carbocycles. The Morgan fingerprint density at radius 2 is 1.45 bits per heavy atom. The third-order valence-corrected chi connectivity index (χ3v) is 6.89. The zero-order valence-electron chi connectivity index (χ0n) is 21.0. The van der Waals surface area contributed by atoms with Crippen molar-refractivity contribution in [2.45, 2.75) is 57.1 Å². The fourth-order valence-electron chi connectivity index (χ4n) is 4.94. The first kappa shape index (κ1) is 24.9. The van der Waals surface area contributed by atoms with Crippen molar-refractivity contribution >= 4 is 0 Å². The van der Waals surface area contributed by atoms with Gasteiger partial charge in [0, 0.05) is 0 Å². The molecule has 1 aromatic heterocycles. The lowest BCUT2D eigenvalue weighted by Gasteiger charge is -2.30. The molecular weight excluding hydrogens is 482 g/mol. The van der Waals surface area contributed by atoms with Crippen molar-refractivity contribution in [1.82, 2.24) is 15.0 Å². The van der Waals surface area contributed by atoms with Crippen molar-refractivity contribution in [3.8, 4) is 0 Å². The highest BCUT2D eigenvalue weighted by Crippen LogP contribution is 2.39. The molecule has 0 spiro atoms. The van der Waals surface area contributed by atoms with Crippen LogP contribution in [-0.2, 0) is 50.1 Å². The smallest absolute Gasteiger partial charge is 0.181 e. The van der Waals surface area contributed by atoms with Gasteiger partial charge in [-0.1, -0.05) is 96.2 Å². The average molecular weight is 514 g/mol. The maximum atomic E-state index is 6.61. The fraction of sp³-hybridized carbons (Fsp3) is 0.333. The maximum Gasteiger partial charge on any atom is 0.181 e. The molecule has 1 fully saturated rings. The number of hydrogen-bond donors (Lipinski definition) is 0. The summed E-state index contributed by atoms with van der Waals surface area (Å²) in [6, 6.07) is 30.3. The SMILES string of the molecule is c1ccc(COC[C@@H](OCc2ccccc2)[C@H]2O[C@H]3[C@@H](OCc4cnnn43)[C@H]2OCc2ccccc2)cc1. The molecule has 0 radical (unpaired) electrons. The van der Waals surface area contributed by atoms with Gasteiger partial charge in [0.2, 0.25) is 0 Å². The molecule has 196 valence electrons. The van der Waals surface area contributed by atoms with E-state index < -0.39 is 24.5 Å². The number of hydrogen-bond acceptors (Lipinski definition) is 7. The second-order valence-electron chi connectivity index (χ2n) is 9.53. The topological polar surface area (TPSA) is 76.9 Å². The molecule has 5 atom stereocenters. The monoisotopic (exact) mass is 513 g/mol. The van der Waals surface area contributed by atoms with Gasteiger partial charge in [-0.3, -0.25) is 0 Å². The lowest BCUT2D eigenvalue weighted by molar-refractivity contribution is -0.147. The molecule has 2 aliphatic rings. The van der Waals surface area contributed by atoms with Crippen LogP contribution in [0.2, 0.25) is 0 Å². The molecule has 8 nitrogen and oxygen atoms in total.